The second kappa shape index (κ2) is 7.08. The number of carbonyl (C=O) groups is 1. The largest absolute Gasteiger partial charge is 0.461 e. The van der Waals surface area contributed by atoms with Crippen molar-refractivity contribution in [3.8, 4) is 6.07 Å². The Labute approximate surface area is 125 Å². The maximum atomic E-state index is 11.5. The quantitative estimate of drug-likeness (QED) is 0.625. The number of thioether (sulfide) groups is 1. The van der Waals surface area contributed by atoms with Crippen LogP contribution in [0.15, 0.2) is 34.5 Å². The lowest BCUT2D eigenvalue weighted by atomic mass is 10.2. The second-order valence-corrected chi connectivity index (χ2v) is 5.76. The molecule has 0 N–H and O–H groups in total. The van der Waals surface area contributed by atoms with Gasteiger partial charge in [0.15, 0.2) is 5.69 Å². The number of ether oxygens (including phenoxy) is 1. The number of nitrogens with zero attached hydrogens (tertiary/aromatic N) is 2. The molecule has 0 unspecified atom stereocenters. The molecule has 0 aliphatic carbocycles. The summed E-state index contributed by atoms with van der Waals surface area (Å²) in [5, 5.41) is 11.3. The molecule has 0 saturated heterocycles. The van der Waals surface area contributed by atoms with Crippen molar-refractivity contribution in [3.05, 3.63) is 45.9 Å². The molecule has 2 aromatic rings. The van der Waals surface area contributed by atoms with Crippen molar-refractivity contribution in [2.75, 3.05) is 6.61 Å². The standard InChI is InChI=1S/C14H12N2O2S2/c1-2-18-14(17)12-8-20-13(16-12)9-19-11-5-3-10(7-15)4-6-11/h3-6,8H,2,9H2,1H3. The Hall–Kier alpha value is -1.84. The Kier molecular flexibility index (Phi) is 5.16. The first-order chi connectivity index (χ1) is 9.72. The molecule has 2 rings (SSSR count). The highest BCUT2D eigenvalue weighted by Gasteiger charge is 2.11. The number of hydrogen-bond donors (Lipinski definition) is 0. The van der Waals surface area contributed by atoms with Gasteiger partial charge in [0.05, 0.1) is 24.0 Å². The van der Waals surface area contributed by atoms with Crippen LogP contribution in [0.5, 0.6) is 0 Å². The predicted molar refractivity (Wildman–Crippen MR) is 78.8 cm³/mol. The number of esters is 1. The van der Waals surface area contributed by atoms with Gasteiger partial charge in [0.2, 0.25) is 0 Å². The third-order valence-corrected chi connectivity index (χ3v) is 4.44. The molecular weight excluding hydrogens is 292 g/mol. The molecule has 0 spiro atoms. The lowest BCUT2D eigenvalue weighted by Crippen LogP contribution is -2.04. The Morgan fingerprint density at radius 2 is 2.20 bits per heavy atom. The molecule has 0 bridgehead atoms. The summed E-state index contributed by atoms with van der Waals surface area (Å²) in [7, 11) is 0. The number of rotatable bonds is 5. The molecule has 102 valence electrons. The van der Waals surface area contributed by atoms with Crippen molar-refractivity contribution in [1.29, 1.82) is 5.26 Å². The van der Waals surface area contributed by atoms with Crippen molar-refractivity contribution in [3.63, 3.8) is 0 Å². The molecular formula is C14H12N2O2S2. The molecule has 4 nitrogen and oxygen atoms in total. The zero-order valence-electron chi connectivity index (χ0n) is 10.8. The summed E-state index contributed by atoms with van der Waals surface area (Å²) in [6, 6.07) is 9.47. The van der Waals surface area contributed by atoms with Gasteiger partial charge in [0.1, 0.15) is 5.01 Å². The first-order valence-electron chi connectivity index (χ1n) is 5.97. The topological polar surface area (TPSA) is 63.0 Å². The van der Waals surface area contributed by atoms with Crippen LogP contribution >= 0.6 is 23.1 Å². The third kappa shape index (κ3) is 3.83. The highest BCUT2D eigenvalue weighted by atomic mass is 32.2. The van der Waals surface area contributed by atoms with Crippen LogP contribution in [-0.2, 0) is 10.5 Å². The van der Waals surface area contributed by atoms with Crippen molar-refractivity contribution < 1.29 is 9.53 Å². The minimum Gasteiger partial charge on any atom is -0.461 e. The summed E-state index contributed by atoms with van der Waals surface area (Å²) in [5.41, 5.74) is 1.01. The molecule has 0 saturated carbocycles. The number of hydrogen-bond acceptors (Lipinski definition) is 6. The summed E-state index contributed by atoms with van der Waals surface area (Å²) in [6.45, 7) is 2.12. The zero-order chi connectivity index (χ0) is 14.4. The minimum atomic E-state index is -0.377. The van der Waals surface area contributed by atoms with Crippen LogP contribution in [0.3, 0.4) is 0 Å². The van der Waals surface area contributed by atoms with Crippen molar-refractivity contribution in [2.24, 2.45) is 0 Å². The maximum absolute atomic E-state index is 11.5. The molecule has 1 aromatic heterocycles. The van der Waals surface area contributed by atoms with Gasteiger partial charge in [-0.3, -0.25) is 0 Å². The van der Waals surface area contributed by atoms with Gasteiger partial charge in [-0.2, -0.15) is 5.26 Å². The van der Waals surface area contributed by atoms with Crippen LogP contribution in [0.4, 0.5) is 0 Å². The average molecular weight is 304 g/mol. The molecule has 0 fully saturated rings. The van der Waals surface area contributed by atoms with Crippen LogP contribution in [-0.4, -0.2) is 17.6 Å². The van der Waals surface area contributed by atoms with Crippen molar-refractivity contribution in [2.45, 2.75) is 17.6 Å². The van der Waals surface area contributed by atoms with Gasteiger partial charge in [-0.1, -0.05) is 0 Å². The smallest absolute Gasteiger partial charge is 0.357 e. The monoisotopic (exact) mass is 304 g/mol. The van der Waals surface area contributed by atoms with Gasteiger partial charge < -0.3 is 4.74 Å². The number of nitriles is 1. The van der Waals surface area contributed by atoms with Crippen LogP contribution < -0.4 is 0 Å². The summed E-state index contributed by atoms with van der Waals surface area (Å²) >= 11 is 3.06. The summed E-state index contributed by atoms with van der Waals surface area (Å²) < 4.78 is 4.90. The van der Waals surface area contributed by atoms with E-state index >= 15 is 0 Å². The van der Waals surface area contributed by atoms with Crippen LogP contribution in [0.1, 0.15) is 28.0 Å². The van der Waals surface area contributed by atoms with Gasteiger partial charge in [0.25, 0.3) is 0 Å². The Morgan fingerprint density at radius 3 is 2.85 bits per heavy atom. The molecule has 0 aliphatic heterocycles. The van der Waals surface area contributed by atoms with Crippen molar-refractivity contribution >= 4 is 29.1 Å². The minimum absolute atomic E-state index is 0.353. The van der Waals surface area contributed by atoms with Gasteiger partial charge >= 0.3 is 5.97 Å². The fourth-order valence-electron chi connectivity index (χ4n) is 1.45. The Morgan fingerprint density at radius 1 is 1.45 bits per heavy atom. The second-order valence-electron chi connectivity index (χ2n) is 3.77. The highest BCUT2D eigenvalue weighted by Crippen LogP contribution is 2.24. The number of carbonyl (C=O) groups excluding carboxylic acids is 1. The molecule has 0 aliphatic rings. The van der Waals surface area contributed by atoms with Crippen molar-refractivity contribution in [1.82, 2.24) is 4.98 Å². The summed E-state index contributed by atoms with van der Waals surface area (Å²) in [5.74, 6) is 0.314. The molecule has 0 atom stereocenters. The normalized spacial score (nSPS) is 10.0. The van der Waals surface area contributed by atoms with Crippen LogP contribution in [0, 0.1) is 11.3 Å². The SMILES string of the molecule is CCOC(=O)c1csc(CSc2ccc(C#N)cc2)n1. The molecule has 6 heteroatoms. The molecule has 1 aromatic carbocycles. The molecule has 0 amide bonds. The lowest BCUT2D eigenvalue weighted by Gasteiger charge is -1.99. The van der Waals surface area contributed by atoms with E-state index in [0.717, 1.165) is 9.90 Å². The highest BCUT2D eigenvalue weighted by molar-refractivity contribution is 7.98. The van der Waals surface area contributed by atoms with E-state index in [-0.39, 0.29) is 5.97 Å². The zero-order valence-corrected chi connectivity index (χ0v) is 12.5. The summed E-state index contributed by atoms with van der Waals surface area (Å²) in [4.78, 5) is 16.8. The first-order valence-corrected chi connectivity index (χ1v) is 7.84. The van der Waals surface area contributed by atoms with Gasteiger partial charge in [-0.05, 0) is 31.2 Å². The maximum Gasteiger partial charge on any atom is 0.357 e. The number of thiazole rings is 1. The van der Waals surface area contributed by atoms with E-state index in [1.165, 1.54) is 11.3 Å². The van der Waals surface area contributed by atoms with E-state index in [1.54, 1.807) is 36.2 Å². The predicted octanol–water partition coefficient (Wildman–Crippen LogP) is 3.48. The van der Waals surface area contributed by atoms with Gasteiger partial charge in [-0.25, -0.2) is 9.78 Å². The van der Waals surface area contributed by atoms with E-state index in [1.807, 2.05) is 12.1 Å². The summed E-state index contributed by atoms with van der Waals surface area (Å²) in [6.07, 6.45) is 0. The fraction of sp³-hybridized carbons (Fsp3) is 0.214. The van der Waals surface area contributed by atoms with Crippen LogP contribution in [0.2, 0.25) is 0 Å². The van der Waals surface area contributed by atoms with E-state index in [9.17, 15) is 4.79 Å². The Balaban J connectivity index is 1.94. The first kappa shape index (κ1) is 14.6. The number of benzene rings is 1. The van der Waals surface area contributed by atoms with Gasteiger partial charge in [-0.15, -0.1) is 23.1 Å². The van der Waals surface area contributed by atoms with E-state index in [4.69, 9.17) is 10.00 Å². The average Bonchev–Trinajstić information content (AvgIpc) is 2.95. The van der Waals surface area contributed by atoms with E-state index in [2.05, 4.69) is 11.1 Å². The van der Waals surface area contributed by atoms with E-state index in [0.29, 0.717) is 23.6 Å². The third-order valence-electron chi connectivity index (χ3n) is 2.38. The molecule has 1 heterocycles. The lowest BCUT2D eigenvalue weighted by molar-refractivity contribution is 0.0520. The fourth-order valence-corrected chi connectivity index (χ4v) is 3.13. The Bertz CT molecular complexity index is 629. The number of aromatic nitrogens is 1. The van der Waals surface area contributed by atoms with E-state index < -0.39 is 0 Å². The van der Waals surface area contributed by atoms with Gasteiger partial charge in [0, 0.05) is 10.3 Å². The molecule has 20 heavy (non-hydrogen) atoms. The van der Waals surface area contributed by atoms with Crippen LogP contribution in [0.25, 0.3) is 0 Å². The molecule has 0 radical (unpaired) electrons.